The third-order valence-corrected chi connectivity index (χ3v) is 3.97. The van der Waals surface area contributed by atoms with Crippen LogP contribution in [0.1, 0.15) is 12.2 Å². The van der Waals surface area contributed by atoms with Gasteiger partial charge in [0, 0.05) is 19.0 Å². The van der Waals surface area contributed by atoms with Crippen LogP contribution >= 0.6 is 11.8 Å². The Morgan fingerprint density at radius 1 is 1.38 bits per heavy atom. The zero-order valence-electron chi connectivity index (χ0n) is 12.0. The van der Waals surface area contributed by atoms with Gasteiger partial charge < -0.3 is 4.90 Å². The van der Waals surface area contributed by atoms with Crippen LogP contribution in [-0.2, 0) is 4.79 Å². The summed E-state index contributed by atoms with van der Waals surface area (Å²) in [5.41, 5.74) is 0.887. The first-order valence-electron chi connectivity index (χ1n) is 6.59. The van der Waals surface area contributed by atoms with Crippen molar-refractivity contribution in [2.75, 3.05) is 19.3 Å². The van der Waals surface area contributed by atoms with Crippen LogP contribution in [0.4, 0.5) is 0 Å². The highest BCUT2D eigenvalue weighted by molar-refractivity contribution is 8.00. The molecular formula is C15H16N4OS. The predicted molar refractivity (Wildman–Crippen MR) is 82.9 cm³/mol. The molecule has 0 aliphatic carbocycles. The molecule has 2 rings (SSSR count). The number of hydrogen-bond donors (Lipinski definition) is 0. The van der Waals surface area contributed by atoms with E-state index in [4.69, 9.17) is 5.26 Å². The Morgan fingerprint density at radius 2 is 2.14 bits per heavy atom. The molecule has 0 atom stereocenters. The molecule has 1 amide bonds. The Morgan fingerprint density at radius 3 is 2.90 bits per heavy atom. The fraction of sp³-hybridized carbons (Fsp3) is 0.333. The first kappa shape index (κ1) is 15.3. The summed E-state index contributed by atoms with van der Waals surface area (Å²) >= 11 is 1.41. The molecule has 21 heavy (non-hydrogen) atoms. The fourth-order valence-corrected chi connectivity index (χ4v) is 2.86. The summed E-state index contributed by atoms with van der Waals surface area (Å²) in [5, 5.41) is 10.3. The standard InChI is InChI=1S/C15H16N4OS/c1-11-17-13-7-4-3-6-12(13)15(18-11)21-10-14(20)19(2)9-5-8-16/h3-4,6-7H,5,9-10H2,1-2H3. The number of nitrogens with zero attached hydrogens (tertiary/aromatic N) is 4. The highest BCUT2D eigenvalue weighted by atomic mass is 32.2. The molecule has 5 nitrogen and oxygen atoms in total. The minimum atomic E-state index is -0.00408. The molecule has 0 unspecified atom stereocenters. The van der Waals surface area contributed by atoms with Gasteiger partial charge in [-0.25, -0.2) is 9.97 Å². The van der Waals surface area contributed by atoms with E-state index in [-0.39, 0.29) is 5.91 Å². The number of carbonyl (C=O) groups is 1. The Balaban J connectivity index is 2.10. The normalized spacial score (nSPS) is 10.3. The summed E-state index contributed by atoms with van der Waals surface area (Å²) in [6, 6.07) is 9.81. The quantitative estimate of drug-likeness (QED) is 0.626. The van der Waals surface area contributed by atoms with Crippen LogP contribution in [0.25, 0.3) is 10.9 Å². The van der Waals surface area contributed by atoms with Crippen LogP contribution in [0.15, 0.2) is 29.3 Å². The number of para-hydroxylation sites is 1. The number of thioether (sulfide) groups is 1. The first-order valence-corrected chi connectivity index (χ1v) is 7.57. The lowest BCUT2D eigenvalue weighted by Gasteiger charge is -2.15. The molecule has 0 radical (unpaired) electrons. The number of aryl methyl sites for hydroxylation is 1. The van der Waals surface area contributed by atoms with E-state index >= 15 is 0 Å². The van der Waals surface area contributed by atoms with Crippen LogP contribution in [0.3, 0.4) is 0 Å². The van der Waals surface area contributed by atoms with Crippen LogP contribution in [0.2, 0.25) is 0 Å². The molecular weight excluding hydrogens is 284 g/mol. The third kappa shape index (κ3) is 3.92. The van der Waals surface area contributed by atoms with E-state index in [0.29, 0.717) is 24.5 Å². The SMILES string of the molecule is Cc1nc(SCC(=O)N(C)CCC#N)c2ccccc2n1. The van der Waals surface area contributed by atoms with Crippen molar-refractivity contribution >= 4 is 28.6 Å². The molecule has 6 heteroatoms. The number of rotatable bonds is 5. The predicted octanol–water partition coefficient (Wildman–Crippen LogP) is 2.40. The van der Waals surface area contributed by atoms with Crippen molar-refractivity contribution in [1.29, 1.82) is 5.26 Å². The van der Waals surface area contributed by atoms with Crippen LogP contribution in [0.5, 0.6) is 0 Å². The Labute approximate surface area is 128 Å². The number of benzene rings is 1. The molecule has 0 aliphatic rings. The minimum Gasteiger partial charge on any atom is -0.344 e. The van der Waals surface area contributed by atoms with Crippen molar-refractivity contribution in [2.24, 2.45) is 0 Å². The van der Waals surface area contributed by atoms with Crippen molar-refractivity contribution in [1.82, 2.24) is 14.9 Å². The van der Waals surface area contributed by atoms with Gasteiger partial charge in [0.05, 0.1) is 23.8 Å². The van der Waals surface area contributed by atoms with E-state index in [1.54, 1.807) is 11.9 Å². The largest absolute Gasteiger partial charge is 0.344 e. The zero-order chi connectivity index (χ0) is 15.2. The van der Waals surface area contributed by atoms with E-state index in [0.717, 1.165) is 15.9 Å². The smallest absolute Gasteiger partial charge is 0.232 e. The second-order valence-corrected chi connectivity index (χ2v) is 5.57. The summed E-state index contributed by atoms with van der Waals surface area (Å²) < 4.78 is 0. The van der Waals surface area contributed by atoms with E-state index in [1.165, 1.54) is 11.8 Å². The maximum Gasteiger partial charge on any atom is 0.232 e. The highest BCUT2D eigenvalue weighted by Crippen LogP contribution is 2.25. The molecule has 0 spiro atoms. The number of fused-ring (bicyclic) bond motifs is 1. The molecule has 0 saturated heterocycles. The summed E-state index contributed by atoms with van der Waals surface area (Å²) in [6.45, 7) is 2.30. The summed E-state index contributed by atoms with van der Waals surface area (Å²) in [4.78, 5) is 22.4. The molecule has 2 aromatic rings. The maximum atomic E-state index is 12.0. The number of hydrogen-bond acceptors (Lipinski definition) is 5. The van der Waals surface area contributed by atoms with Crippen molar-refractivity contribution in [3.63, 3.8) is 0 Å². The molecule has 0 bridgehead atoms. The monoisotopic (exact) mass is 300 g/mol. The van der Waals surface area contributed by atoms with Gasteiger partial charge in [-0.15, -0.1) is 0 Å². The molecule has 1 heterocycles. The Bertz CT molecular complexity index is 696. The van der Waals surface area contributed by atoms with Gasteiger partial charge in [0.2, 0.25) is 5.91 Å². The molecule has 1 aromatic carbocycles. The summed E-state index contributed by atoms with van der Waals surface area (Å²) in [7, 11) is 1.71. The fourth-order valence-electron chi connectivity index (χ4n) is 1.85. The van der Waals surface area contributed by atoms with E-state index in [2.05, 4.69) is 9.97 Å². The third-order valence-electron chi connectivity index (χ3n) is 3.00. The van der Waals surface area contributed by atoms with Crippen molar-refractivity contribution < 1.29 is 4.79 Å². The summed E-state index contributed by atoms with van der Waals surface area (Å²) in [5.74, 6) is 1.000. The molecule has 0 saturated carbocycles. The van der Waals surface area contributed by atoms with E-state index < -0.39 is 0 Å². The topological polar surface area (TPSA) is 69.9 Å². The van der Waals surface area contributed by atoms with Gasteiger partial charge >= 0.3 is 0 Å². The van der Waals surface area contributed by atoms with Gasteiger partial charge in [0.1, 0.15) is 10.9 Å². The van der Waals surface area contributed by atoms with Gasteiger partial charge in [-0.1, -0.05) is 30.0 Å². The Hall–Kier alpha value is -2.13. The van der Waals surface area contributed by atoms with Gasteiger partial charge in [-0.2, -0.15) is 5.26 Å². The lowest BCUT2D eigenvalue weighted by molar-refractivity contribution is -0.127. The lowest BCUT2D eigenvalue weighted by atomic mass is 10.2. The van der Waals surface area contributed by atoms with Crippen LogP contribution in [0, 0.1) is 18.3 Å². The average Bonchev–Trinajstić information content (AvgIpc) is 2.49. The number of carbonyl (C=O) groups excluding carboxylic acids is 1. The number of nitriles is 1. The van der Waals surface area contributed by atoms with Gasteiger partial charge in [-0.05, 0) is 13.0 Å². The van der Waals surface area contributed by atoms with Crippen molar-refractivity contribution in [2.45, 2.75) is 18.4 Å². The summed E-state index contributed by atoms with van der Waals surface area (Å²) in [6.07, 6.45) is 0.350. The van der Waals surface area contributed by atoms with Crippen molar-refractivity contribution in [3.05, 3.63) is 30.1 Å². The lowest BCUT2D eigenvalue weighted by Crippen LogP contribution is -2.29. The number of aromatic nitrogens is 2. The van der Waals surface area contributed by atoms with E-state index in [9.17, 15) is 4.79 Å². The second-order valence-electron chi connectivity index (χ2n) is 4.61. The first-order chi connectivity index (χ1) is 10.1. The minimum absolute atomic E-state index is 0.00408. The molecule has 0 aliphatic heterocycles. The molecule has 108 valence electrons. The van der Waals surface area contributed by atoms with Gasteiger partial charge in [-0.3, -0.25) is 4.79 Å². The van der Waals surface area contributed by atoms with Crippen LogP contribution in [-0.4, -0.2) is 40.1 Å². The van der Waals surface area contributed by atoms with E-state index in [1.807, 2.05) is 37.3 Å². The Kier molecular flexibility index (Phi) is 5.12. The number of amides is 1. The van der Waals surface area contributed by atoms with Crippen LogP contribution < -0.4 is 0 Å². The molecule has 0 fully saturated rings. The molecule has 1 aromatic heterocycles. The average molecular weight is 300 g/mol. The van der Waals surface area contributed by atoms with Crippen molar-refractivity contribution in [3.8, 4) is 6.07 Å². The maximum absolute atomic E-state index is 12.0. The van der Waals surface area contributed by atoms with Gasteiger partial charge in [0.25, 0.3) is 0 Å². The zero-order valence-corrected chi connectivity index (χ0v) is 12.9. The highest BCUT2D eigenvalue weighted by Gasteiger charge is 2.12. The van der Waals surface area contributed by atoms with Gasteiger partial charge in [0.15, 0.2) is 0 Å². The molecule has 0 N–H and O–H groups in total. The second kappa shape index (κ2) is 7.04.